The maximum Gasteiger partial charge on any atom is 0.272 e. The van der Waals surface area contributed by atoms with E-state index in [9.17, 15) is 9.59 Å². The average molecular weight is 295 g/mol. The topological polar surface area (TPSA) is 75.8 Å². The molecule has 0 unspecified atom stereocenters. The Morgan fingerprint density at radius 3 is 2.56 bits per heavy atom. The predicted octanol–water partition coefficient (Wildman–Crippen LogP) is 1.56. The van der Waals surface area contributed by atoms with E-state index in [1.165, 1.54) is 38.8 Å². The summed E-state index contributed by atoms with van der Waals surface area (Å²) in [6.45, 7) is 2.13. The summed E-state index contributed by atoms with van der Waals surface area (Å²) in [5.41, 5.74) is -0.183. The van der Waals surface area contributed by atoms with Gasteiger partial charge in [0.1, 0.15) is 19.1 Å². The van der Waals surface area contributed by atoms with Crippen molar-refractivity contribution in [2.45, 2.75) is 13.5 Å². The maximum atomic E-state index is 12.0. The lowest BCUT2D eigenvalue weighted by atomic mass is 10.5. The van der Waals surface area contributed by atoms with Crippen LogP contribution in [-0.2, 0) is 6.54 Å². The second-order valence-corrected chi connectivity index (χ2v) is 6.55. The van der Waals surface area contributed by atoms with Crippen LogP contribution in [0.5, 0.6) is 0 Å². The fourth-order valence-corrected chi connectivity index (χ4v) is 5.08. The van der Waals surface area contributed by atoms with E-state index in [1.807, 2.05) is 6.07 Å². The third-order valence-electron chi connectivity index (χ3n) is 2.53. The van der Waals surface area contributed by atoms with E-state index in [2.05, 4.69) is 4.37 Å². The zero-order chi connectivity index (χ0) is 12.9. The summed E-state index contributed by atoms with van der Waals surface area (Å²) < 4.78 is 7.64. The Kier molecular flexibility index (Phi) is 2.55. The van der Waals surface area contributed by atoms with Crippen LogP contribution in [-0.4, -0.2) is 8.94 Å². The van der Waals surface area contributed by atoms with Gasteiger partial charge in [-0.25, -0.2) is 0 Å². The molecular formula is C10H5N3O2S3. The summed E-state index contributed by atoms with van der Waals surface area (Å²) in [6.07, 6.45) is 0. The number of nitriles is 1. The molecule has 1 aromatic rings. The lowest BCUT2D eigenvalue weighted by molar-refractivity contribution is 0.714. The third kappa shape index (κ3) is 1.38. The molecule has 0 spiro atoms. The molecule has 3 heterocycles. The van der Waals surface area contributed by atoms with Crippen LogP contribution in [0.25, 0.3) is 8.71 Å². The Morgan fingerprint density at radius 2 is 1.94 bits per heavy atom. The minimum atomic E-state index is -0.268. The monoisotopic (exact) mass is 295 g/mol. The Morgan fingerprint density at radius 1 is 1.28 bits per heavy atom. The first-order chi connectivity index (χ1) is 8.67. The Labute approximate surface area is 112 Å². The fourth-order valence-electron chi connectivity index (χ4n) is 1.69. The van der Waals surface area contributed by atoms with Crippen LogP contribution in [0.2, 0.25) is 0 Å². The molecule has 3 rings (SSSR count). The van der Waals surface area contributed by atoms with Crippen molar-refractivity contribution >= 4 is 42.9 Å². The molecule has 0 bridgehead atoms. The summed E-state index contributed by atoms with van der Waals surface area (Å²) in [7, 11) is 0. The maximum absolute atomic E-state index is 12.0. The molecule has 0 saturated carbocycles. The number of nitrogens with zero attached hydrogens (tertiary/aromatic N) is 3. The molecule has 2 aliphatic heterocycles. The Hall–Kier alpha value is -1.56. The van der Waals surface area contributed by atoms with Gasteiger partial charge in [-0.1, -0.05) is 0 Å². The first-order valence-corrected chi connectivity index (χ1v) is 7.44. The number of rotatable bonds is 1. The van der Waals surface area contributed by atoms with Gasteiger partial charge in [0.05, 0.1) is 4.70 Å². The molecule has 0 amide bonds. The second-order valence-electron chi connectivity index (χ2n) is 3.48. The van der Waals surface area contributed by atoms with Crippen LogP contribution in [0.15, 0.2) is 9.59 Å². The molecule has 0 radical (unpaired) electrons. The summed E-state index contributed by atoms with van der Waals surface area (Å²) in [4.78, 5) is 24.0. The summed E-state index contributed by atoms with van der Waals surface area (Å²) >= 11 is 3.63. The molecule has 90 valence electrons. The molecule has 2 aliphatic rings. The van der Waals surface area contributed by atoms with Gasteiger partial charge in [0.25, 0.3) is 11.1 Å². The highest BCUT2D eigenvalue weighted by molar-refractivity contribution is 7.39. The van der Waals surface area contributed by atoms with Crippen LogP contribution in [0.4, 0.5) is 0 Å². The van der Waals surface area contributed by atoms with Crippen molar-refractivity contribution < 1.29 is 0 Å². The van der Waals surface area contributed by atoms with Gasteiger partial charge in [-0.3, -0.25) is 14.2 Å². The molecule has 0 aliphatic carbocycles. The van der Waals surface area contributed by atoms with Gasteiger partial charge in [0.2, 0.25) is 0 Å². The van der Waals surface area contributed by atoms with Gasteiger partial charge >= 0.3 is 0 Å². The Bertz CT molecular complexity index is 969. The summed E-state index contributed by atoms with van der Waals surface area (Å²) in [5.74, 6) is 0. The van der Waals surface area contributed by atoms with Crippen molar-refractivity contribution in [1.82, 2.24) is 8.94 Å². The van der Waals surface area contributed by atoms with E-state index in [1.54, 1.807) is 6.92 Å². The van der Waals surface area contributed by atoms with E-state index >= 15 is 0 Å². The van der Waals surface area contributed by atoms with E-state index in [0.29, 0.717) is 26.0 Å². The fraction of sp³-hybridized carbons (Fsp3) is 0.200. The van der Waals surface area contributed by atoms with Gasteiger partial charge in [-0.15, -0.1) is 22.7 Å². The lowest BCUT2D eigenvalue weighted by Gasteiger charge is -1.88. The van der Waals surface area contributed by atoms with E-state index < -0.39 is 0 Å². The molecule has 0 atom stereocenters. The first kappa shape index (κ1) is 11.5. The SMILES string of the molecule is CCn1c(=O)c2sc3snc(C#N)c3sc=2c1=O. The van der Waals surface area contributed by atoms with Gasteiger partial charge in [0, 0.05) is 6.54 Å². The number of fused-ring (bicyclic) bond motifs is 1. The number of hydrogen-bond acceptors (Lipinski definition) is 7. The van der Waals surface area contributed by atoms with Crippen LogP contribution in [0.3, 0.4) is 0 Å². The van der Waals surface area contributed by atoms with Crippen molar-refractivity contribution in [2.24, 2.45) is 0 Å². The van der Waals surface area contributed by atoms with Crippen molar-refractivity contribution in [3.63, 3.8) is 0 Å². The molecule has 0 N–H and O–H groups in total. The second kappa shape index (κ2) is 3.98. The van der Waals surface area contributed by atoms with E-state index in [0.717, 1.165) is 4.01 Å². The van der Waals surface area contributed by atoms with E-state index in [4.69, 9.17) is 5.26 Å². The average Bonchev–Trinajstić information content (AvgIpc) is 2.88. The van der Waals surface area contributed by atoms with Crippen LogP contribution >= 0.6 is 34.2 Å². The van der Waals surface area contributed by atoms with Gasteiger partial charge < -0.3 is 0 Å². The quantitative estimate of drug-likeness (QED) is 0.682. The summed E-state index contributed by atoms with van der Waals surface area (Å²) in [6, 6.07) is 2.00. The highest BCUT2D eigenvalue weighted by Gasteiger charge is 2.14. The molecule has 8 heteroatoms. The normalized spacial score (nSPS) is 11.1. The van der Waals surface area contributed by atoms with Crippen LogP contribution in [0.1, 0.15) is 12.6 Å². The molecular weight excluding hydrogens is 290 g/mol. The molecule has 0 saturated heterocycles. The molecule has 0 aromatic carbocycles. The zero-order valence-corrected chi connectivity index (χ0v) is 11.5. The summed E-state index contributed by atoms with van der Waals surface area (Å²) in [5, 5.41) is 8.93. The van der Waals surface area contributed by atoms with Gasteiger partial charge in [0.15, 0.2) is 5.69 Å². The number of hydrogen-bond donors (Lipinski definition) is 0. The highest BCUT2D eigenvalue weighted by Crippen LogP contribution is 2.30. The third-order valence-corrected chi connectivity index (χ3v) is 6.19. The highest BCUT2D eigenvalue weighted by atomic mass is 32.2. The molecule has 18 heavy (non-hydrogen) atoms. The standard InChI is InChI=1S/C10H5N3O2S3/c1-2-13-8(14)6-7(9(13)15)17-10-5(16-6)4(3-11)12-18-10/h2H2,1H3. The van der Waals surface area contributed by atoms with Crippen molar-refractivity contribution in [2.75, 3.05) is 0 Å². The number of aromatic nitrogens is 2. The lowest BCUT2D eigenvalue weighted by Crippen LogP contribution is -2.24. The minimum Gasteiger partial charge on any atom is -0.273 e. The zero-order valence-electron chi connectivity index (χ0n) is 9.09. The first-order valence-electron chi connectivity index (χ1n) is 5.03. The Balaban J connectivity index is 2.63. The molecule has 5 nitrogen and oxygen atoms in total. The van der Waals surface area contributed by atoms with Gasteiger partial charge in [-0.2, -0.15) is 9.64 Å². The van der Waals surface area contributed by atoms with Crippen molar-refractivity contribution in [3.8, 4) is 6.07 Å². The molecule has 0 fully saturated rings. The molecule has 1 aromatic heterocycles. The smallest absolute Gasteiger partial charge is 0.272 e. The largest absolute Gasteiger partial charge is 0.273 e. The minimum absolute atomic E-state index is 0.243. The van der Waals surface area contributed by atoms with Gasteiger partial charge in [-0.05, 0) is 18.5 Å². The van der Waals surface area contributed by atoms with Crippen LogP contribution in [0, 0.1) is 20.4 Å². The predicted molar refractivity (Wildman–Crippen MR) is 71.6 cm³/mol. The van der Waals surface area contributed by atoms with Crippen LogP contribution < -0.4 is 11.1 Å². The van der Waals surface area contributed by atoms with Crippen molar-refractivity contribution in [3.05, 3.63) is 35.5 Å². The van der Waals surface area contributed by atoms with Crippen molar-refractivity contribution in [1.29, 1.82) is 5.26 Å². The van der Waals surface area contributed by atoms with E-state index in [-0.39, 0.29) is 11.1 Å².